The Kier molecular flexibility index (Phi) is 19.0. The van der Waals surface area contributed by atoms with Crippen molar-refractivity contribution in [1.82, 2.24) is 10.2 Å². The monoisotopic (exact) mass is 751 g/mol. The van der Waals surface area contributed by atoms with Gasteiger partial charge in [-0.2, -0.15) is 0 Å². The minimum absolute atomic E-state index is 0.190. The molecule has 55 heavy (non-hydrogen) atoms. The smallest absolute Gasteiger partial charge is 0.326 e. The zero-order valence-corrected chi connectivity index (χ0v) is 34.0. The van der Waals surface area contributed by atoms with E-state index < -0.39 is 11.6 Å². The van der Waals surface area contributed by atoms with Gasteiger partial charge in [-0.15, -0.1) is 10.2 Å². The first-order valence-electron chi connectivity index (χ1n) is 21.0. The highest BCUT2D eigenvalue weighted by Crippen LogP contribution is 2.33. The number of hydrogen-bond donors (Lipinski definition) is 0. The average Bonchev–Trinajstić information content (AvgIpc) is 3.68. The highest BCUT2D eigenvalue weighted by molar-refractivity contribution is 6.00. The minimum atomic E-state index is -0.696. The van der Waals surface area contributed by atoms with Crippen LogP contribution in [0.3, 0.4) is 0 Å². The zero-order valence-electron chi connectivity index (χ0n) is 34.0. The van der Waals surface area contributed by atoms with Gasteiger partial charge >= 0.3 is 5.97 Å². The van der Waals surface area contributed by atoms with Gasteiger partial charge < -0.3 is 18.8 Å². The van der Waals surface area contributed by atoms with E-state index in [1.807, 2.05) is 93.6 Å². The van der Waals surface area contributed by atoms with E-state index in [9.17, 15) is 9.59 Å². The lowest BCUT2D eigenvalue weighted by molar-refractivity contribution is -0.153. The van der Waals surface area contributed by atoms with E-state index in [4.69, 9.17) is 13.9 Å². The molecule has 0 unspecified atom stereocenters. The Balaban J connectivity index is 1.20. The number of para-hydroxylation sites is 1. The van der Waals surface area contributed by atoms with E-state index in [-0.39, 0.29) is 24.8 Å². The Hall–Kier alpha value is -4.46. The summed E-state index contributed by atoms with van der Waals surface area (Å²) in [6, 6.07) is 24.7. The first-order valence-corrected chi connectivity index (χ1v) is 21.0. The fourth-order valence-corrected chi connectivity index (χ4v) is 6.71. The maximum absolute atomic E-state index is 13.9. The Morgan fingerprint density at radius 1 is 0.655 bits per heavy atom. The van der Waals surface area contributed by atoms with Crippen LogP contribution in [0.1, 0.15) is 142 Å². The van der Waals surface area contributed by atoms with Gasteiger partial charge in [-0.05, 0) is 75.6 Å². The minimum Gasteiger partial charge on any atom is -0.494 e. The van der Waals surface area contributed by atoms with Crippen molar-refractivity contribution < 1.29 is 23.5 Å². The summed E-state index contributed by atoms with van der Waals surface area (Å²) >= 11 is 0. The van der Waals surface area contributed by atoms with E-state index in [2.05, 4.69) is 17.1 Å². The van der Waals surface area contributed by atoms with Crippen LogP contribution in [0, 0.1) is 0 Å². The van der Waals surface area contributed by atoms with Crippen LogP contribution in [0.4, 0.5) is 5.69 Å². The number of aryl methyl sites for hydroxylation is 1. The van der Waals surface area contributed by atoms with Crippen molar-refractivity contribution in [2.24, 2.45) is 0 Å². The maximum atomic E-state index is 13.9. The SMILES string of the molecule is CCCCCCCCCCCCCCCCCCOc1ccc(CCC(=O)N(CC(=O)OC(C)(C)C)c2ccccc2-c2nnc(-c3ccccc3)o2)cc1. The van der Waals surface area contributed by atoms with Crippen molar-refractivity contribution in [2.75, 3.05) is 18.1 Å². The predicted molar refractivity (Wildman–Crippen MR) is 223 cm³/mol. The van der Waals surface area contributed by atoms with Crippen LogP contribution in [-0.2, 0) is 20.7 Å². The first kappa shape index (κ1) is 43.3. The van der Waals surface area contributed by atoms with Crippen LogP contribution in [0.15, 0.2) is 83.3 Å². The average molecular weight is 752 g/mol. The summed E-state index contributed by atoms with van der Waals surface area (Å²) in [4.78, 5) is 28.4. The van der Waals surface area contributed by atoms with E-state index in [0.717, 1.165) is 23.3 Å². The van der Waals surface area contributed by atoms with E-state index >= 15 is 0 Å². The molecule has 298 valence electrons. The van der Waals surface area contributed by atoms with Crippen LogP contribution in [0.5, 0.6) is 5.75 Å². The number of carbonyl (C=O) groups excluding carboxylic acids is 2. The number of esters is 1. The van der Waals surface area contributed by atoms with Crippen LogP contribution in [0.25, 0.3) is 22.9 Å². The summed E-state index contributed by atoms with van der Waals surface area (Å²) in [6.07, 6.45) is 22.3. The Morgan fingerprint density at radius 3 is 1.80 bits per heavy atom. The fourth-order valence-electron chi connectivity index (χ4n) is 6.71. The number of hydrogen-bond acceptors (Lipinski definition) is 7. The lowest BCUT2D eigenvalue weighted by Gasteiger charge is -2.26. The van der Waals surface area contributed by atoms with Crippen molar-refractivity contribution in [1.29, 1.82) is 0 Å². The standard InChI is InChI=1S/C47H65N3O5/c1-5-6-7-8-9-10-11-12-13-14-15-16-17-18-19-25-36-53-40-33-30-38(31-34-40)32-35-43(51)50(37-44(52)55-47(2,3)4)42-29-24-23-28-41(42)46-49-48-45(54-46)39-26-21-20-22-27-39/h20-24,26-31,33-34H,5-19,25,32,35-37H2,1-4H3. The number of anilines is 1. The van der Waals surface area contributed by atoms with Gasteiger partial charge in [-0.3, -0.25) is 9.59 Å². The molecule has 0 saturated carbocycles. The number of carbonyl (C=O) groups is 2. The Labute approximate surface area is 330 Å². The molecule has 0 N–H and O–H groups in total. The summed E-state index contributed by atoms with van der Waals surface area (Å²) < 4.78 is 17.7. The van der Waals surface area contributed by atoms with Crippen molar-refractivity contribution >= 4 is 17.6 Å². The van der Waals surface area contributed by atoms with Gasteiger partial charge in [0, 0.05) is 12.0 Å². The van der Waals surface area contributed by atoms with Crippen molar-refractivity contribution in [2.45, 2.75) is 149 Å². The molecule has 0 bridgehead atoms. The summed E-state index contributed by atoms with van der Waals surface area (Å²) in [5.74, 6) is 0.743. The molecule has 1 aromatic heterocycles. The van der Waals surface area contributed by atoms with Gasteiger partial charge in [-0.25, -0.2) is 0 Å². The molecule has 0 atom stereocenters. The number of unbranched alkanes of at least 4 members (excludes halogenated alkanes) is 15. The summed E-state index contributed by atoms with van der Waals surface area (Å²) in [5, 5.41) is 8.53. The molecule has 0 aliphatic rings. The lowest BCUT2D eigenvalue weighted by atomic mass is 10.0. The van der Waals surface area contributed by atoms with Crippen molar-refractivity contribution in [3.63, 3.8) is 0 Å². The fraction of sp³-hybridized carbons (Fsp3) is 0.532. The molecule has 4 rings (SSSR count). The zero-order chi connectivity index (χ0) is 39.1. The molecule has 0 spiro atoms. The molecule has 8 heteroatoms. The highest BCUT2D eigenvalue weighted by Gasteiger charge is 2.27. The molecule has 1 heterocycles. The number of nitrogens with zero attached hydrogens (tertiary/aromatic N) is 3. The second kappa shape index (κ2) is 24.1. The molecular formula is C47H65N3O5. The predicted octanol–water partition coefficient (Wildman–Crippen LogP) is 12.4. The molecular weight excluding hydrogens is 687 g/mol. The third-order valence-corrected chi connectivity index (χ3v) is 9.70. The summed E-state index contributed by atoms with van der Waals surface area (Å²) in [6.45, 7) is 8.17. The third kappa shape index (κ3) is 16.4. The van der Waals surface area contributed by atoms with Crippen LogP contribution in [-0.4, -0.2) is 40.8 Å². The lowest BCUT2D eigenvalue weighted by Crippen LogP contribution is -2.39. The normalized spacial score (nSPS) is 11.4. The highest BCUT2D eigenvalue weighted by atomic mass is 16.6. The molecule has 8 nitrogen and oxygen atoms in total. The molecule has 0 aliphatic carbocycles. The number of rotatable bonds is 26. The van der Waals surface area contributed by atoms with Crippen LogP contribution in [0.2, 0.25) is 0 Å². The summed E-state index contributed by atoms with van der Waals surface area (Å²) in [7, 11) is 0. The number of ether oxygens (including phenoxy) is 2. The van der Waals surface area contributed by atoms with Crippen LogP contribution < -0.4 is 9.64 Å². The number of aromatic nitrogens is 2. The van der Waals surface area contributed by atoms with Crippen molar-refractivity contribution in [3.05, 3.63) is 84.4 Å². The third-order valence-electron chi connectivity index (χ3n) is 9.70. The molecule has 3 aromatic carbocycles. The van der Waals surface area contributed by atoms with E-state index in [1.54, 1.807) is 6.07 Å². The Morgan fingerprint density at radius 2 is 1.20 bits per heavy atom. The first-order chi connectivity index (χ1) is 26.7. The second-order valence-electron chi connectivity index (χ2n) is 15.7. The van der Waals surface area contributed by atoms with Gasteiger partial charge in [0.05, 0.1) is 17.9 Å². The van der Waals surface area contributed by atoms with Gasteiger partial charge in [0.1, 0.15) is 17.9 Å². The molecule has 0 aliphatic heterocycles. The van der Waals surface area contributed by atoms with Crippen LogP contribution >= 0.6 is 0 Å². The number of benzene rings is 3. The van der Waals surface area contributed by atoms with Gasteiger partial charge in [0.2, 0.25) is 17.7 Å². The van der Waals surface area contributed by atoms with Gasteiger partial charge in [-0.1, -0.05) is 146 Å². The number of amides is 1. The topological polar surface area (TPSA) is 94.8 Å². The molecule has 1 amide bonds. The maximum Gasteiger partial charge on any atom is 0.326 e. The second-order valence-corrected chi connectivity index (χ2v) is 15.7. The largest absolute Gasteiger partial charge is 0.494 e. The van der Waals surface area contributed by atoms with Gasteiger partial charge in [0.25, 0.3) is 0 Å². The summed E-state index contributed by atoms with van der Waals surface area (Å²) in [5.41, 5.74) is 2.16. The molecule has 0 saturated heterocycles. The van der Waals surface area contributed by atoms with Gasteiger partial charge in [0.15, 0.2) is 0 Å². The van der Waals surface area contributed by atoms with E-state index in [1.165, 1.54) is 101 Å². The molecule has 4 aromatic rings. The quantitative estimate of drug-likeness (QED) is 0.0465. The van der Waals surface area contributed by atoms with Crippen molar-refractivity contribution in [3.8, 4) is 28.7 Å². The molecule has 0 fully saturated rings. The Bertz CT molecular complexity index is 1660. The molecule has 0 radical (unpaired) electrons. The van der Waals surface area contributed by atoms with E-state index in [0.29, 0.717) is 30.2 Å².